The monoisotopic (exact) mass is 610 g/mol. The number of carboxylic acids is 1. The molecule has 0 aliphatic rings. The van der Waals surface area contributed by atoms with Crippen LogP contribution >= 0.6 is 0 Å². The minimum absolute atomic E-state index is 0.0313. The van der Waals surface area contributed by atoms with Gasteiger partial charge in [-0.15, -0.1) is 0 Å². The fourth-order valence-electron chi connectivity index (χ4n) is 4.85. The minimum Gasteiger partial charge on any atom is -0.481 e. The van der Waals surface area contributed by atoms with Crippen LogP contribution in [0, 0.1) is 0 Å². The van der Waals surface area contributed by atoms with Crippen LogP contribution in [0.4, 0.5) is 0 Å². The molecule has 0 aromatic heterocycles. The second-order valence-electron chi connectivity index (χ2n) is 11.7. The van der Waals surface area contributed by atoms with E-state index in [1.54, 1.807) is 0 Å². The second kappa shape index (κ2) is 34.9. The van der Waals surface area contributed by atoms with Crippen molar-refractivity contribution in [3.8, 4) is 0 Å². The fraction of sp³-hybridized carbons (Fsp3) is 0.650. The Labute approximate surface area is 271 Å². The summed E-state index contributed by atoms with van der Waals surface area (Å²) >= 11 is 0. The van der Waals surface area contributed by atoms with E-state index >= 15 is 0 Å². The number of unbranched alkanes of at least 4 members (excludes halogenated alkanes) is 11. The van der Waals surface area contributed by atoms with Crippen molar-refractivity contribution in [2.24, 2.45) is 0 Å². The smallest absolute Gasteiger partial charge is 0.309 e. The molecule has 250 valence electrons. The van der Waals surface area contributed by atoms with Gasteiger partial charge in [-0.2, -0.15) is 0 Å². The van der Waals surface area contributed by atoms with Gasteiger partial charge in [-0.25, -0.2) is 0 Å². The van der Waals surface area contributed by atoms with Crippen LogP contribution in [0.2, 0.25) is 0 Å². The van der Waals surface area contributed by atoms with Crippen molar-refractivity contribution in [3.63, 3.8) is 0 Å². The maximum absolute atomic E-state index is 12.5. The van der Waals surface area contributed by atoms with Gasteiger partial charge >= 0.3 is 11.9 Å². The summed E-state index contributed by atoms with van der Waals surface area (Å²) in [5.74, 6) is -0.859. The molecule has 0 aliphatic heterocycles. The molecule has 4 heteroatoms. The third kappa shape index (κ3) is 33.9. The number of hydrogen-bond donors (Lipinski definition) is 1. The summed E-state index contributed by atoms with van der Waals surface area (Å²) < 4.78 is 5.89. The first-order chi connectivity index (χ1) is 21.6. The number of carboxylic acid groups (broad SMARTS) is 1. The van der Waals surface area contributed by atoms with E-state index in [0.717, 1.165) is 89.9 Å². The van der Waals surface area contributed by atoms with Crippen molar-refractivity contribution >= 4 is 11.9 Å². The first-order valence-electron chi connectivity index (χ1n) is 17.9. The Hall–Kier alpha value is -2.62. The van der Waals surface area contributed by atoms with Gasteiger partial charge in [-0.3, -0.25) is 9.59 Å². The Morgan fingerprint density at radius 1 is 0.545 bits per heavy atom. The molecule has 0 aliphatic carbocycles. The Morgan fingerprint density at radius 3 is 1.61 bits per heavy atom. The van der Waals surface area contributed by atoms with E-state index in [0.29, 0.717) is 6.42 Å². The highest BCUT2D eigenvalue weighted by molar-refractivity contribution is 5.71. The van der Waals surface area contributed by atoms with Crippen molar-refractivity contribution in [1.82, 2.24) is 0 Å². The minimum atomic E-state index is -0.717. The number of ether oxygens (including phenoxy) is 1. The Kier molecular flexibility index (Phi) is 32.8. The average Bonchev–Trinajstić information content (AvgIpc) is 3.00. The lowest BCUT2D eigenvalue weighted by atomic mass is 10.0. The molecular formula is C40H66O4. The zero-order chi connectivity index (χ0) is 32.2. The van der Waals surface area contributed by atoms with Gasteiger partial charge in [0.25, 0.3) is 0 Å². The summed E-state index contributed by atoms with van der Waals surface area (Å²) in [7, 11) is 0. The normalized spacial score (nSPS) is 13.1. The molecule has 0 radical (unpaired) electrons. The van der Waals surface area contributed by atoms with Crippen LogP contribution < -0.4 is 0 Å². The molecular weight excluding hydrogens is 544 g/mol. The summed E-state index contributed by atoms with van der Waals surface area (Å²) in [6.45, 7) is 4.40. The van der Waals surface area contributed by atoms with E-state index in [2.05, 4.69) is 74.6 Å². The fourth-order valence-corrected chi connectivity index (χ4v) is 4.85. The highest BCUT2D eigenvalue weighted by Crippen LogP contribution is 2.17. The topological polar surface area (TPSA) is 63.6 Å². The number of esters is 1. The molecule has 0 aromatic carbocycles. The lowest BCUT2D eigenvalue weighted by Crippen LogP contribution is -2.18. The van der Waals surface area contributed by atoms with Crippen LogP contribution in [0.3, 0.4) is 0 Å². The van der Waals surface area contributed by atoms with E-state index < -0.39 is 5.97 Å². The summed E-state index contributed by atoms with van der Waals surface area (Å²) in [5, 5.41) is 8.79. The maximum atomic E-state index is 12.5. The molecule has 0 spiro atoms. The van der Waals surface area contributed by atoms with Gasteiger partial charge in [0, 0.05) is 6.42 Å². The SMILES string of the molecule is CC/C=C\C/C=C\C/C=C\C/C=C\C/C=C\CC(=O)OC(CCC/C=C\CCCCCCCC)CCCCCCCC(=O)O. The molecule has 0 aromatic rings. The van der Waals surface area contributed by atoms with Crippen LogP contribution in [-0.2, 0) is 14.3 Å². The Morgan fingerprint density at radius 2 is 1.02 bits per heavy atom. The summed E-state index contributed by atoms with van der Waals surface area (Å²) in [5.41, 5.74) is 0. The molecule has 0 heterocycles. The molecule has 1 unspecified atom stereocenters. The van der Waals surface area contributed by atoms with Crippen LogP contribution in [-0.4, -0.2) is 23.1 Å². The molecule has 0 saturated carbocycles. The van der Waals surface area contributed by atoms with Crippen molar-refractivity contribution in [2.45, 2.75) is 168 Å². The molecule has 0 amide bonds. The van der Waals surface area contributed by atoms with Gasteiger partial charge in [0.15, 0.2) is 0 Å². The second-order valence-corrected chi connectivity index (χ2v) is 11.7. The third-order valence-electron chi connectivity index (χ3n) is 7.44. The molecule has 0 rings (SSSR count). The van der Waals surface area contributed by atoms with Crippen molar-refractivity contribution in [1.29, 1.82) is 0 Å². The van der Waals surface area contributed by atoms with E-state index in [-0.39, 0.29) is 18.5 Å². The molecule has 0 fully saturated rings. The number of hydrogen-bond acceptors (Lipinski definition) is 3. The van der Waals surface area contributed by atoms with Gasteiger partial charge in [0.1, 0.15) is 6.10 Å². The number of rotatable bonds is 31. The van der Waals surface area contributed by atoms with Crippen LogP contribution in [0.15, 0.2) is 72.9 Å². The van der Waals surface area contributed by atoms with Gasteiger partial charge in [0.05, 0.1) is 6.42 Å². The molecule has 44 heavy (non-hydrogen) atoms. The predicted molar refractivity (Wildman–Crippen MR) is 190 cm³/mol. The first kappa shape index (κ1) is 41.4. The van der Waals surface area contributed by atoms with E-state index in [1.807, 2.05) is 12.2 Å². The molecule has 0 saturated heterocycles. The van der Waals surface area contributed by atoms with Gasteiger partial charge in [-0.05, 0) is 83.5 Å². The van der Waals surface area contributed by atoms with E-state index in [1.165, 1.54) is 44.9 Å². The van der Waals surface area contributed by atoms with Crippen molar-refractivity contribution < 1.29 is 19.4 Å². The molecule has 0 bridgehead atoms. The van der Waals surface area contributed by atoms with E-state index in [9.17, 15) is 9.59 Å². The standard InChI is InChI=1S/C40H66O4/c1-3-5-7-9-11-13-15-16-17-18-20-22-24-29-33-37-40(43)44-38(35-31-27-25-28-32-36-39(41)42)34-30-26-23-21-19-14-12-10-8-6-4-2/h5,7,11,13,16-17,20-23,29,33,38H,3-4,6,8-10,12,14-15,18-19,24-28,30-32,34-37H2,1-2H3,(H,41,42)/b7-5-,13-11-,17-16-,22-20-,23-21-,33-29-. The Bertz CT molecular complexity index is 830. The van der Waals surface area contributed by atoms with Crippen molar-refractivity contribution in [3.05, 3.63) is 72.9 Å². The number of allylic oxidation sites excluding steroid dienone is 11. The van der Waals surface area contributed by atoms with Gasteiger partial charge < -0.3 is 9.84 Å². The zero-order valence-electron chi connectivity index (χ0n) is 28.4. The number of carbonyl (C=O) groups is 2. The van der Waals surface area contributed by atoms with Gasteiger partial charge in [-0.1, -0.05) is 138 Å². The van der Waals surface area contributed by atoms with Crippen LogP contribution in [0.1, 0.15) is 162 Å². The number of carbonyl (C=O) groups excluding carboxylic acids is 1. The summed E-state index contributed by atoms with van der Waals surface area (Å²) in [6.07, 6.45) is 49.2. The highest BCUT2D eigenvalue weighted by atomic mass is 16.5. The summed E-state index contributed by atoms with van der Waals surface area (Å²) in [4.78, 5) is 23.2. The maximum Gasteiger partial charge on any atom is 0.309 e. The molecule has 4 nitrogen and oxygen atoms in total. The zero-order valence-corrected chi connectivity index (χ0v) is 28.4. The lowest BCUT2D eigenvalue weighted by Gasteiger charge is -2.17. The quantitative estimate of drug-likeness (QED) is 0.0482. The van der Waals surface area contributed by atoms with E-state index in [4.69, 9.17) is 9.84 Å². The van der Waals surface area contributed by atoms with Crippen LogP contribution in [0.25, 0.3) is 0 Å². The van der Waals surface area contributed by atoms with Gasteiger partial charge in [0.2, 0.25) is 0 Å². The number of aliphatic carboxylic acids is 1. The van der Waals surface area contributed by atoms with Crippen LogP contribution in [0.5, 0.6) is 0 Å². The average molecular weight is 611 g/mol. The lowest BCUT2D eigenvalue weighted by molar-refractivity contribution is -0.148. The van der Waals surface area contributed by atoms with Crippen molar-refractivity contribution in [2.75, 3.05) is 0 Å². The first-order valence-corrected chi connectivity index (χ1v) is 17.9. The summed E-state index contributed by atoms with van der Waals surface area (Å²) in [6, 6.07) is 0. The molecule has 1 N–H and O–H groups in total. The predicted octanol–water partition coefficient (Wildman–Crippen LogP) is 12.3. The molecule has 1 atom stereocenters. The largest absolute Gasteiger partial charge is 0.481 e. The highest BCUT2D eigenvalue weighted by Gasteiger charge is 2.13. The Balaban J connectivity index is 4.30. The third-order valence-corrected chi connectivity index (χ3v) is 7.44.